The molecule has 0 aliphatic heterocycles. The lowest BCUT2D eigenvalue weighted by atomic mass is 10.1. The smallest absolute Gasteiger partial charge is 0.256 e. The molecule has 0 atom stereocenters. The van der Waals surface area contributed by atoms with E-state index >= 15 is 0 Å². The maximum Gasteiger partial charge on any atom is 0.256 e. The highest BCUT2D eigenvalue weighted by atomic mass is 16.5. The maximum absolute atomic E-state index is 13.1. The molecular formula is C32H33N3O3. The fraction of sp³-hybridized carbons (Fsp3) is 0.156. The molecule has 2 N–H and O–H groups in total. The lowest BCUT2D eigenvalue weighted by molar-refractivity contribution is -0.115. The van der Waals surface area contributed by atoms with Crippen molar-refractivity contribution in [3.8, 4) is 0 Å². The van der Waals surface area contributed by atoms with Gasteiger partial charge in [0.2, 0.25) is 5.91 Å². The van der Waals surface area contributed by atoms with Gasteiger partial charge in [-0.25, -0.2) is 4.98 Å². The van der Waals surface area contributed by atoms with Crippen LogP contribution in [0.15, 0.2) is 115 Å². The van der Waals surface area contributed by atoms with Crippen LogP contribution in [0.1, 0.15) is 44.7 Å². The SMILES string of the molecule is C=C(O/C(=C(\C)C(=O)Nc1ccccn1)c1ccc(NC(=O)C/C=C\CC=C(C)C)cc1)c1ccccc1. The number of anilines is 2. The first-order valence-electron chi connectivity index (χ1n) is 12.4. The molecule has 0 unspecified atom stereocenters. The minimum absolute atomic E-state index is 0.110. The van der Waals surface area contributed by atoms with Crippen molar-refractivity contribution in [2.45, 2.75) is 33.6 Å². The Morgan fingerprint density at radius 3 is 2.24 bits per heavy atom. The average Bonchev–Trinajstić information content (AvgIpc) is 2.92. The second kappa shape index (κ2) is 14.1. The van der Waals surface area contributed by atoms with Gasteiger partial charge in [0, 0.05) is 29.4 Å². The number of benzene rings is 2. The number of hydrogen-bond donors (Lipinski definition) is 2. The van der Waals surface area contributed by atoms with Crippen LogP contribution < -0.4 is 10.6 Å². The number of pyridine rings is 1. The summed E-state index contributed by atoms with van der Waals surface area (Å²) in [5, 5.41) is 5.68. The summed E-state index contributed by atoms with van der Waals surface area (Å²) in [6.07, 6.45) is 8.64. The summed E-state index contributed by atoms with van der Waals surface area (Å²) < 4.78 is 6.16. The number of aromatic nitrogens is 1. The highest BCUT2D eigenvalue weighted by Gasteiger charge is 2.17. The minimum Gasteiger partial charge on any atom is -0.456 e. The van der Waals surface area contributed by atoms with Crippen LogP contribution in [0, 0.1) is 0 Å². The Hall–Kier alpha value is -4.71. The Labute approximate surface area is 224 Å². The van der Waals surface area contributed by atoms with Crippen LogP contribution in [0.25, 0.3) is 11.5 Å². The van der Waals surface area contributed by atoms with E-state index in [9.17, 15) is 9.59 Å². The van der Waals surface area contributed by atoms with Crippen molar-refractivity contribution >= 4 is 34.8 Å². The molecule has 0 aliphatic carbocycles. The molecule has 0 bridgehead atoms. The molecule has 2 amide bonds. The molecule has 3 aromatic rings. The number of nitrogens with one attached hydrogen (secondary N) is 2. The third-order valence-electron chi connectivity index (χ3n) is 5.47. The van der Waals surface area contributed by atoms with E-state index in [4.69, 9.17) is 4.74 Å². The Morgan fingerprint density at radius 2 is 1.58 bits per heavy atom. The van der Waals surface area contributed by atoms with Crippen molar-refractivity contribution in [1.82, 2.24) is 4.98 Å². The normalized spacial score (nSPS) is 11.3. The van der Waals surface area contributed by atoms with E-state index in [1.54, 1.807) is 55.6 Å². The number of allylic oxidation sites excluding steroid dienone is 3. The Morgan fingerprint density at radius 1 is 0.868 bits per heavy atom. The Balaban J connectivity index is 1.79. The van der Waals surface area contributed by atoms with Crippen LogP contribution in [-0.2, 0) is 14.3 Å². The number of rotatable bonds is 11. The van der Waals surface area contributed by atoms with Crippen molar-refractivity contribution in [1.29, 1.82) is 0 Å². The standard InChI is InChI=1S/C32H33N3O3/c1-23(2)13-7-5-10-17-30(36)34-28-20-18-27(19-21-28)31(38-25(4)26-14-8-6-9-15-26)24(3)32(37)35-29-16-11-12-22-33-29/h5-6,8-16,18-22H,4,7,17H2,1-3H3,(H,34,36)(H,33,35,37)/b10-5-,31-24+. The van der Waals surface area contributed by atoms with E-state index in [1.807, 2.05) is 56.3 Å². The summed E-state index contributed by atoms with van der Waals surface area (Å²) in [6, 6.07) is 21.9. The summed E-state index contributed by atoms with van der Waals surface area (Å²) in [5.74, 6) is 0.736. The van der Waals surface area contributed by atoms with Gasteiger partial charge in [0.05, 0.1) is 5.57 Å². The van der Waals surface area contributed by atoms with E-state index in [-0.39, 0.29) is 18.2 Å². The monoisotopic (exact) mass is 507 g/mol. The largest absolute Gasteiger partial charge is 0.456 e. The number of carbonyl (C=O) groups excluding carboxylic acids is 2. The zero-order chi connectivity index (χ0) is 27.3. The molecule has 6 heteroatoms. The zero-order valence-corrected chi connectivity index (χ0v) is 22.0. The van der Waals surface area contributed by atoms with Crippen LogP contribution >= 0.6 is 0 Å². The first kappa shape index (κ1) is 27.9. The first-order chi connectivity index (χ1) is 18.3. The van der Waals surface area contributed by atoms with Crippen molar-refractivity contribution in [3.05, 3.63) is 126 Å². The summed E-state index contributed by atoms with van der Waals surface area (Å²) in [6.45, 7) is 9.83. The van der Waals surface area contributed by atoms with Gasteiger partial charge in [-0.1, -0.05) is 66.8 Å². The van der Waals surface area contributed by atoms with Gasteiger partial charge in [0.15, 0.2) is 0 Å². The number of amides is 2. The van der Waals surface area contributed by atoms with Crippen molar-refractivity contribution in [2.24, 2.45) is 0 Å². The third-order valence-corrected chi connectivity index (χ3v) is 5.47. The number of ether oxygens (including phenoxy) is 1. The average molecular weight is 508 g/mol. The van der Waals surface area contributed by atoms with E-state index in [2.05, 4.69) is 28.3 Å². The van der Waals surface area contributed by atoms with Gasteiger partial charge in [0.1, 0.15) is 17.3 Å². The molecule has 2 aromatic carbocycles. The molecule has 0 spiro atoms. The topological polar surface area (TPSA) is 80.3 Å². The lowest BCUT2D eigenvalue weighted by Crippen LogP contribution is -2.15. The van der Waals surface area contributed by atoms with E-state index in [0.29, 0.717) is 34.2 Å². The first-order valence-corrected chi connectivity index (χ1v) is 12.4. The van der Waals surface area contributed by atoms with Crippen LogP contribution in [-0.4, -0.2) is 16.8 Å². The Kier molecular flexibility index (Phi) is 10.4. The van der Waals surface area contributed by atoms with Crippen LogP contribution in [0.2, 0.25) is 0 Å². The van der Waals surface area contributed by atoms with Gasteiger partial charge in [-0.3, -0.25) is 9.59 Å². The third kappa shape index (κ3) is 8.75. The summed E-state index contributed by atoms with van der Waals surface area (Å²) in [4.78, 5) is 29.5. The van der Waals surface area contributed by atoms with Crippen molar-refractivity contribution < 1.29 is 14.3 Å². The van der Waals surface area contributed by atoms with Gasteiger partial charge in [-0.2, -0.15) is 0 Å². The molecule has 3 rings (SSSR count). The highest BCUT2D eigenvalue weighted by molar-refractivity contribution is 6.07. The van der Waals surface area contributed by atoms with Gasteiger partial charge in [0.25, 0.3) is 5.91 Å². The number of nitrogens with zero attached hydrogens (tertiary/aromatic N) is 1. The molecule has 1 aromatic heterocycles. The van der Waals surface area contributed by atoms with Gasteiger partial charge < -0.3 is 15.4 Å². The molecule has 6 nitrogen and oxygen atoms in total. The molecule has 1 heterocycles. The highest BCUT2D eigenvalue weighted by Crippen LogP contribution is 2.28. The van der Waals surface area contributed by atoms with E-state index in [0.717, 1.165) is 12.0 Å². The van der Waals surface area contributed by atoms with Crippen LogP contribution in [0.4, 0.5) is 11.5 Å². The molecule has 194 valence electrons. The van der Waals surface area contributed by atoms with Gasteiger partial charge in [-0.15, -0.1) is 0 Å². The molecule has 0 saturated heterocycles. The van der Waals surface area contributed by atoms with Crippen molar-refractivity contribution in [3.63, 3.8) is 0 Å². The number of carbonyl (C=O) groups is 2. The summed E-state index contributed by atoms with van der Waals surface area (Å²) >= 11 is 0. The second-order valence-corrected chi connectivity index (χ2v) is 8.83. The van der Waals surface area contributed by atoms with Gasteiger partial charge >= 0.3 is 0 Å². The molecular weight excluding hydrogens is 474 g/mol. The molecule has 38 heavy (non-hydrogen) atoms. The predicted octanol–water partition coefficient (Wildman–Crippen LogP) is 7.38. The Bertz CT molecular complexity index is 1340. The predicted molar refractivity (Wildman–Crippen MR) is 155 cm³/mol. The van der Waals surface area contributed by atoms with Crippen LogP contribution in [0.5, 0.6) is 0 Å². The minimum atomic E-state index is -0.350. The molecule has 0 radical (unpaired) electrons. The quantitative estimate of drug-likeness (QED) is 0.161. The fourth-order valence-corrected chi connectivity index (χ4v) is 3.42. The zero-order valence-electron chi connectivity index (χ0n) is 22.0. The summed E-state index contributed by atoms with van der Waals surface area (Å²) in [7, 11) is 0. The van der Waals surface area contributed by atoms with E-state index < -0.39 is 0 Å². The molecule has 0 fully saturated rings. The van der Waals surface area contributed by atoms with Crippen LogP contribution in [0.3, 0.4) is 0 Å². The second-order valence-electron chi connectivity index (χ2n) is 8.83. The van der Waals surface area contributed by atoms with Crippen molar-refractivity contribution in [2.75, 3.05) is 10.6 Å². The summed E-state index contributed by atoms with van der Waals surface area (Å²) in [5.41, 5.74) is 3.70. The molecule has 0 saturated carbocycles. The molecule has 0 aliphatic rings. The fourth-order valence-electron chi connectivity index (χ4n) is 3.42. The van der Waals surface area contributed by atoms with Gasteiger partial charge in [-0.05, 0) is 63.6 Å². The lowest BCUT2D eigenvalue weighted by Gasteiger charge is -2.16. The van der Waals surface area contributed by atoms with E-state index in [1.165, 1.54) is 5.57 Å². The number of hydrogen-bond acceptors (Lipinski definition) is 4. The maximum atomic E-state index is 13.1.